The van der Waals surface area contributed by atoms with Gasteiger partial charge in [-0.15, -0.1) is 0 Å². The second-order valence-electron chi connectivity index (χ2n) is 7.28. The van der Waals surface area contributed by atoms with Crippen LogP contribution in [0.2, 0.25) is 0 Å². The lowest BCUT2D eigenvalue weighted by Crippen LogP contribution is -2.21. The molecule has 0 bridgehead atoms. The predicted molar refractivity (Wildman–Crippen MR) is 110 cm³/mol. The number of alkyl halides is 2. The van der Waals surface area contributed by atoms with Crippen molar-refractivity contribution in [2.75, 3.05) is 26.2 Å². The van der Waals surface area contributed by atoms with Crippen molar-refractivity contribution >= 4 is 0 Å². The van der Waals surface area contributed by atoms with Crippen LogP contribution in [-0.4, -0.2) is 40.9 Å². The topological polar surface area (TPSA) is 30.3 Å². The Kier molecular flexibility index (Phi) is 6.20. The molecule has 1 fully saturated rings. The molecule has 1 aliphatic heterocycles. The average Bonchev–Trinajstić information content (AvgIpc) is 3.42. The van der Waals surface area contributed by atoms with Crippen LogP contribution in [-0.2, 0) is 0 Å². The third kappa shape index (κ3) is 4.82. The summed E-state index contributed by atoms with van der Waals surface area (Å²) in [6, 6.07) is 18.3. The molecule has 2 aromatic carbocycles. The highest BCUT2D eigenvalue weighted by Crippen LogP contribution is 2.28. The van der Waals surface area contributed by atoms with E-state index in [0.717, 1.165) is 30.0 Å². The number of benzene rings is 2. The maximum Gasteiger partial charge on any atom is 0.282 e. The minimum atomic E-state index is -2.61. The maximum atomic E-state index is 13.2. The summed E-state index contributed by atoms with van der Waals surface area (Å²) in [6.07, 6.45) is 0.982. The number of rotatable bonds is 8. The summed E-state index contributed by atoms with van der Waals surface area (Å²) in [4.78, 5) is 2.47. The van der Waals surface area contributed by atoms with Crippen LogP contribution in [0.1, 0.15) is 31.4 Å². The standard InChI is InChI=1S/C23H25F2N3O/c24-23(25)21-17-22(18-7-2-1-3-8-18)28(26-21)19-9-11-20(12-10-19)29-16-6-15-27-13-4-5-14-27/h1-3,7-12,17,23H,4-6,13-16H2. The van der Waals surface area contributed by atoms with Crippen molar-refractivity contribution in [2.24, 2.45) is 0 Å². The Morgan fingerprint density at radius 1 is 0.966 bits per heavy atom. The molecule has 0 amide bonds. The molecule has 152 valence electrons. The van der Waals surface area contributed by atoms with Gasteiger partial charge in [0, 0.05) is 12.1 Å². The first-order valence-corrected chi connectivity index (χ1v) is 10.1. The molecular formula is C23H25F2N3O. The highest BCUT2D eigenvalue weighted by Gasteiger charge is 2.17. The molecule has 4 nitrogen and oxygen atoms in total. The number of ether oxygens (including phenoxy) is 1. The van der Waals surface area contributed by atoms with E-state index in [9.17, 15) is 8.78 Å². The molecule has 0 N–H and O–H groups in total. The minimum Gasteiger partial charge on any atom is -0.494 e. The molecule has 3 aromatic rings. The van der Waals surface area contributed by atoms with Gasteiger partial charge in [0.15, 0.2) is 0 Å². The summed E-state index contributed by atoms with van der Waals surface area (Å²) < 4.78 is 33.9. The largest absolute Gasteiger partial charge is 0.494 e. The maximum absolute atomic E-state index is 13.2. The normalized spacial score (nSPS) is 14.6. The molecule has 0 aliphatic carbocycles. The Bertz CT molecular complexity index is 904. The van der Waals surface area contributed by atoms with Crippen LogP contribution >= 0.6 is 0 Å². The molecule has 29 heavy (non-hydrogen) atoms. The van der Waals surface area contributed by atoms with Crippen molar-refractivity contribution in [1.82, 2.24) is 14.7 Å². The summed E-state index contributed by atoms with van der Waals surface area (Å²) in [5.41, 5.74) is 1.97. The zero-order valence-corrected chi connectivity index (χ0v) is 16.3. The second kappa shape index (κ2) is 9.18. The highest BCUT2D eigenvalue weighted by molar-refractivity contribution is 5.62. The molecule has 1 aromatic heterocycles. The van der Waals surface area contributed by atoms with Gasteiger partial charge in [-0.25, -0.2) is 13.5 Å². The SMILES string of the molecule is FC(F)c1cc(-c2ccccc2)n(-c2ccc(OCCCN3CCCC3)cc2)n1. The molecule has 0 radical (unpaired) electrons. The number of nitrogens with zero attached hydrogens (tertiary/aromatic N) is 3. The molecule has 0 atom stereocenters. The molecule has 0 spiro atoms. The fraction of sp³-hybridized carbons (Fsp3) is 0.348. The molecule has 0 unspecified atom stereocenters. The Hall–Kier alpha value is -2.73. The summed E-state index contributed by atoms with van der Waals surface area (Å²) in [5, 5.41) is 4.13. The predicted octanol–water partition coefficient (Wildman–Crippen LogP) is 5.34. The van der Waals surface area contributed by atoms with Crippen LogP contribution < -0.4 is 4.74 Å². The lowest BCUT2D eigenvalue weighted by molar-refractivity contribution is 0.145. The summed E-state index contributed by atoms with van der Waals surface area (Å²) in [5.74, 6) is 0.776. The smallest absolute Gasteiger partial charge is 0.282 e. The fourth-order valence-electron chi connectivity index (χ4n) is 3.69. The molecule has 4 rings (SSSR count). The van der Waals surface area contributed by atoms with Crippen LogP contribution in [0.25, 0.3) is 16.9 Å². The van der Waals surface area contributed by atoms with Crippen molar-refractivity contribution in [3.63, 3.8) is 0 Å². The highest BCUT2D eigenvalue weighted by atomic mass is 19.3. The van der Waals surface area contributed by atoms with Gasteiger partial charge in [-0.1, -0.05) is 30.3 Å². The third-order valence-electron chi connectivity index (χ3n) is 5.19. The molecule has 0 saturated carbocycles. The van der Waals surface area contributed by atoms with Crippen molar-refractivity contribution in [2.45, 2.75) is 25.7 Å². The summed E-state index contributed by atoms with van der Waals surface area (Å²) >= 11 is 0. The van der Waals surface area contributed by atoms with Crippen LogP contribution in [0.5, 0.6) is 5.75 Å². The van der Waals surface area contributed by atoms with E-state index in [1.807, 2.05) is 54.6 Å². The van der Waals surface area contributed by atoms with Crippen LogP contribution in [0, 0.1) is 0 Å². The van der Waals surface area contributed by atoms with Crippen molar-refractivity contribution < 1.29 is 13.5 Å². The van der Waals surface area contributed by atoms with Gasteiger partial charge in [0.25, 0.3) is 6.43 Å². The van der Waals surface area contributed by atoms with E-state index in [1.54, 1.807) is 4.68 Å². The Morgan fingerprint density at radius 2 is 1.69 bits per heavy atom. The molecule has 1 aliphatic rings. The quantitative estimate of drug-likeness (QED) is 0.481. The number of halogens is 2. The molecular weight excluding hydrogens is 372 g/mol. The van der Waals surface area contributed by atoms with Crippen LogP contribution in [0.4, 0.5) is 8.78 Å². The number of hydrogen-bond donors (Lipinski definition) is 0. The first-order chi connectivity index (χ1) is 14.2. The average molecular weight is 397 g/mol. The van der Waals surface area contributed by atoms with Crippen molar-refractivity contribution in [3.8, 4) is 22.7 Å². The van der Waals surface area contributed by atoms with E-state index in [4.69, 9.17) is 4.74 Å². The van der Waals surface area contributed by atoms with Crippen LogP contribution in [0.3, 0.4) is 0 Å². The number of likely N-dealkylation sites (tertiary alicyclic amines) is 1. The summed E-state index contributed by atoms with van der Waals surface area (Å²) in [7, 11) is 0. The Labute approximate surface area is 169 Å². The first-order valence-electron chi connectivity index (χ1n) is 10.1. The van der Waals surface area contributed by atoms with Gasteiger partial charge in [0.05, 0.1) is 18.0 Å². The number of aromatic nitrogens is 2. The fourth-order valence-corrected chi connectivity index (χ4v) is 3.69. The van der Waals surface area contributed by atoms with Gasteiger partial charge in [0.2, 0.25) is 0 Å². The van der Waals surface area contributed by atoms with Crippen molar-refractivity contribution in [1.29, 1.82) is 0 Å². The van der Waals surface area contributed by atoms with Gasteiger partial charge >= 0.3 is 0 Å². The van der Waals surface area contributed by atoms with Gasteiger partial charge in [-0.2, -0.15) is 5.10 Å². The van der Waals surface area contributed by atoms with E-state index in [-0.39, 0.29) is 5.69 Å². The van der Waals surface area contributed by atoms with Gasteiger partial charge in [-0.3, -0.25) is 0 Å². The van der Waals surface area contributed by atoms with Gasteiger partial charge in [0.1, 0.15) is 11.4 Å². The van der Waals surface area contributed by atoms with Crippen molar-refractivity contribution in [3.05, 3.63) is 66.4 Å². The zero-order valence-electron chi connectivity index (χ0n) is 16.3. The Balaban J connectivity index is 1.45. The Morgan fingerprint density at radius 3 is 2.38 bits per heavy atom. The van der Waals surface area contributed by atoms with Crippen LogP contribution in [0.15, 0.2) is 60.7 Å². The monoisotopic (exact) mass is 397 g/mol. The lowest BCUT2D eigenvalue weighted by atomic mass is 10.1. The minimum absolute atomic E-state index is 0.230. The molecule has 6 heteroatoms. The van der Waals surface area contributed by atoms with Gasteiger partial charge < -0.3 is 9.64 Å². The first kappa shape index (κ1) is 19.6. The van der Waals surface area contributed by atoms with E-state index in [0.29, 0.717) is 12.3 Å². The second-order valence-corrected chi connectivity index (χ2v) is 7.28. The lowest BCUT2D eigenvalue weighted by Gasteiger charge is -2.14. The van der Waals surface area contributed by atoms with E-state index in [1.165, 1.54) is 32.0 Å². The molecule has 2 heterocycles. The van der Waals surface area contributed by atoms with E-state index in [2.05, 4.69) is 10.00 Å². The number of hydrogen-bond acceptors (Lipinski definition) is 3. The zero-order chi connectivity index (χ0) is 20.1. The van der Waals surface area contributed by atoms with E-state index >= 15 is 0 Å². The van der Waals surface area contributed by atoms with E-state index < -0.39 is 6.43 Å². The summed E-state index contributed by atoms with van der Waals surface area (Å²) in [6.45, 7) is 4.14. The molecule has 1 saturated heterocycles. The third-order valence-corrected chi connectivity index (χ3v) is 5.19. The van der Waals surface area contributed by atoms with Gasteiger partial charge in [-0.05, 0) is 62.7 Å².